The summed E-state index contributed by atoms with van der Waals surface area (Å²) >= 11 is 0. The quantitative estimate of drug-likeness (QED) is 0.249. The summed E-state index contributed by atoms with van der Waals surface area (Å²) in [5.41, 5.74) is 2.57. The molecule has 0 aliphatic heterocycles. The standard InChI is InChI=1S/C35H53N3O5/c1-22(2)12-14-26(7)38(33(40)30(20-23(3)4)37-34(41)43-35(8,9)10)31(29-19-13-24(5)21-25(29)6)32(39)36-27-15-17-28(42-11)18-16-27/h13,15-19,21-23,26,30-31H,12,14,20H2,1-11H3,(H,36,39)(H,37,41). The number of alkyl carbamates (subject to hydrolysis) is 1. The van der Waals surface area contributed by atoms with E-state index in [9.17, 15) is 14.4 Å². The number of carbonyl (C=O) groups excluding carboxylic acids is 3. The van der Waals surface area contributed by atoms with Gasteiger partial charge in [-0.2, -0.15) is 0 Å². The van der Waals surface area contributed by atoms with Crippen LogP contribution in [0.25, 0.3) is 0 Å². The second-order valence-corrected chi connectivity index (χ2v) is 13.4. The van der Waals surface area contributed by atoms with Crippen LogP contribution in [0.2, 0.25) is 0 Å². The van der Waals surface area contributed by atoms with Gasteiger partial charge in [-0.1, -0.05) is 51.5 Å². The van der Waals surface area contributed by atoms with Crippen LogP contribution in [0.5, 0.6) is 5.75 Å². The van der Waals surface area contributed by atoms with Crippen LogP contribution in [0.15, 0.2) is 42.5 Å². The van der Waals surface area contributed by atoms with Gasteiger partial charge in [0, 0.05) is 11.7 Å². The lowest BCUT2D eigenvalue weighted by molar-refractivity contribution is -0.144. The van der Waals surface area contributed by atoms with Crippen LogP contribution >= 0.6 is 0 Å². The van der Waals surface area contributed by atoms with Gasteiger partial charge in [-0.15, -0.1) is 0 Å². The third-order valence-electron chi connectivity index (χ3n) is 7.19. The van der Waals surface area contributed by atoms with Crippen LogP contribution in [-0.4, -0.2) is 47.6 Å². The summed E-state index contributed by atoms with van der Waals surface area (Å²) in [6.07, 6.45) is 1.30. The fraction of sp³-hybridized carbons (Fsp3) is 0.571. The van der Waals surface area contributed by atoms with Crippen molar-refractivity contribution in [2.24, 2.45) is 11.8 Å². The Morgan fingerprint density at radius 1 is 0.884 bits per heavy atom. The van der Waals surface area contributed by atoms with Crippen molar-refractivity contribution in [2.75, 3.05) is 12.4 Å². The molecule has 0 bridgehead atoms. The van der Waals surface area contributed by atoms with E-state index in [1.807, 2.05) is 52.8 Å². The van der Waals surface area contributed by atoms with Crippen molar-refractivity contribution in [1.29, 1.82) is 0 Å². The van der Waals surface area contributed by atoms with Crippen LogP contribution < -0.4 is 15.4 Å². The topological polar surface area (TPSA) is 97.0 Å². The summed E-state index contributed by atoms with van der Waals surface area (Å²) in [4.78, 5) is 43.6. The molecule has 238 valence electrons. The number of benzene rings is 2. The molecule has 3 atom stereocenters. The number of hydrogen-bond acceptors (Lipinski definition) is 5. The minimum atomic E-state index is -0.938. The third-order valence-corrected chi connectivity index (χ3v) is 7.19. The van der Waals surface area contributed by atoms with Crippen molar-refractivity contribution in [3.05, 3.63) is 59.2 Å². The molecule has 8 heteroatoms. The number of ether oxygens (including phenoxy) is 2. The maximum Gasteiger partial charge on any atom is 0.408 e. The molecule has 0 radical (unpaired) electrons. The number of nitrogens with one attached hydrogen (secondary N) is 2. The first-order chi connectivity index (χ1) is 20.0. The molecule has 2 N–H and O–H groups in total. The fourth-order valence-electron chi connectivity index (χ4n) is 5.07. The minimum absolute atomic E-state index is 0.101. The first-order valence-corrected chi connectivity index (χ1v) is 15.4. The van der Waals surface area contributed by atoms with E-state index in [0.29, 0.717) is 30.2 Å². The van der Waals surface area contributed by atoms with Gasteiger partial charge in [0.15, 0.2) is 0 Å². The third kappa shape index (κ3) is 11.2. The Bertz CT molecular complexity index is 1220. The number of methoxy groups -OCH3 is 1. The van der Waals surface area contributed by atoms with Gasteiger partial charge in [0.25, 0.3) is 5.91 Å². The van der Waals surface area contributed by atoms with Crippen LogP contribution in [0.1, 0.15) is 97.4 Å². The Kier molecular flexibility index (Phi) is 13.1. The van der Waals surface area contributed by atoms with Crippen molar-refractivity contribution in [3.63, 3.8) is 0 Å². The summed E-state index contributed by atoms with van der Waals surface area (Å²) in [5.74, 6) is 0.545. The maximum atomic E-state index is 14.7. The fourth-order valence-corrected chi connectivity index (χ4v) is 5.07. The largest absolute Gasteiger partial charge is 0.497 e. The highest BCUT2D eigenvalue weighted by Crippen LogP contribution is 2.32. The molecular weight excluding hydrogens is 542 g/mol. The van der Waals surface area contributed by atoms with E-state index in [4.69, 9.17) is 9.47 Å². The smallest absolute Gasteiger partial charge is 0.408 e. The molecule has 3 amide bonds. The SMILES string of the molecule is COc1ccc(NC(=O)C(c2ccc(C)cc2C)N(C(=O)C(CC(C)C)NC(=O)OC(C)(C)C)C(C)CCC(C)C)cc1. The Morgan fingerprint density at radius 2 is 1.51 bits per heavy atom. The monoisotopic (exact) mass is 595 g/mol. The van der Waals surface area contributed by atoms with Crippen molar-refractivity contribution >= 4 is 23.6 Å². The number of nitrogens with zero attached hydrogens (tertiary/aromatic N) is 1. The number of carbonyl (C=O) groups is 3. The number of hydrogen-bond donors (Lipinski definition) is 2. The normalized spacial score (nSPS) is 13.7. The summed E-state index contributed by atoms with van der Waals surface area (Å²) in [5, 5.41) is 5.88. The Hall–Kier alpha value is -3.55. The molecule has 8 nitrogen and oxygen atoms in total. The zero-order valence-corrected chi connectivity index (χ0v) is 28.0. The van der Waals surface area contributed by atoms with Gasteiger partial charge in [-0.3, -0.25) is 9.59 Å². The van der Waals surface area contributed by atoms with E-state index in [0.717, 1.165) is 23.1 Å². The van der Waals surface area contributed by atoms with Gasteiger partial charge in [0.2, 0.25) is 5.91 Å². The van der Waals surface area contributed by atoms with Crippen molar-refractivity contribution < 1.29 is 23.9 Å². The molecule has 0 spiro atoms. The summed E-state index contributed by atoms with van der Waals surface area (Å²) in [7, 11) is 1.59. The van der Waals surface area contributed by atoms with Gasteiger partial charge in [-0.25, -0.2) is 4.79 Å². The molecule has 2 aromatic rings. The van der Waals surface area contributed by atoms with Crippen LogP contribution in [0, 0.1) is 25.7 Å². The maximum absolute atomic E-state index is 14.7. The highest BCUT2D eigenvalue weighted by atomic mass is 16.6. The summed E-state index contributed by atoms with van der Waals surface area (Å²) < 4.78 is 10.8. The number of rotatable bonds is 13. The molecule has 0 fully saturated rings. The Morgan fingerprint density at radius 3 is 2.02 bits per heavy atom. The lowest BCUT2D eigenvalue weighted by Crippen LogP contribution is -2.55. The van der Waals surface area contributed by atoms with Crippen molar-refractivity contribution in [1.82, 2.24) is 10.2 Å². The molecule has 0 heterocycles. The molecule has 0 aliphatic rings. The predicted octanol–water partition coefficient (Wildman–Crippen LogP) is 7.58. The highest BCUT2D eigenvalue weighted by Gasteiger charge is 2.39. The van der Waals surface area contributed by atoms with Gasteiger partial charge in [0.05, 0.1) is 7.11 Å². The molecule has 2 aromatic carbocycles. The molecular formula is C35H53N3O5. The number of amides is 3. The zero-order chi connectivity index (χ0) is 32.5. The van der Waals surface area contributed by atoms with Gasteiger partial charge in [-0.05, 0) is 108 Å². The minimum Gasteiger partial charge on any atom is -0.497 e. The van der Waals surface area contributed by atoms with E-state index in [1.165, 1.54) is 0 Å². The number of aryl methyl sites for hydroxylation is 2. The Balaban J connectivity index is 2.67. The van der Waals surface area contributed by atoms with E-state index < -0.39 is 23.8 Å². The molecule has 43 heavy (non-hydrogen) atoms. The first kappa shape index (κ1) is 35.6. The van der Waals surface area contributed by atoms with Crippen LogP contribution in [0.3, 0.4) is 0 Å². The van der Waals surface area contributed by atoms with E-state index in [2.05, 4.69) is 24.5 Å². The zero-order valence-electron chi connectivity index (χ0n) is 28.0. The summed E-state index contributed by atoms with van der Waals surface area (Å²) in [6.45, 7) is 19.6. The van der Waals surface area contributed by atoms with E-state index >= 15 is 0 Å². The second-order valence-electron chi connectivity index (χ2n) is 13.4. The second kappa shape index (κ2) is 15.8. The van der Waals surface area contributed by atoms with Gasteiger partial charge >= 0.3 is 6.09 Å². The molecule has 3 unspecified atom stereocenters. The Labute approximate surface area is 258 Å². The van der Waals surface area contributed by atoms with Gasteiger partial charge < -0.3 is 25.0 Å². The summed E-state index contributed by atoms with van der Waals surface area (Å²) in [6, 6.07) is 10.9. The van der Waals surface area contributed by atoms with Crippen LogP contribution in [0.4, 0.5) is 10.5 Å². The van der Waals surface area contributed by atoms with E-state index in [-0.39, 0.29) is 23.8 Å². The highest BCUT2D eigenvalue weighted by molar-refractivity contribution is 5.99. The average Bonchev–Trinajstić information content (AvgIpc) is 2.89. The lowest BCUT2D eigenvalue weighted by Gasteiger charge is -2.39. The number of anilines is 1. The molecule has 0 saturated heterocycles. The molecule has 0 aliphatic carbocycles. The van der Waals surface area contributed by atoms with Crippen molar-refractivity contribution in [3.8, 4) is 5.75 Å². The molecule has 0 aromatic heterocycles. The molecule has 2 rings (SSSR count). The molecule has 0 saturated carbocycles. The van der Waals surface area contributed by atoms with Crippen molar-refractivity contribution in [2.45, 2.75) is 112 Å². The lowest BCUT2D eigenvalue weighted by atomic mass is 9.92. The first-order valence-electron chi connectivity index (χ1n) is 15.4. The predicted molar refractivity (Wildman–Crippen MR) is 173 cm³/mol. The van der Waals surface area contributed by atoms with Gasteiger partial charge in [0.1, 0.15) is 23.4 Å². The van der Waals surface area contributed by atoms with E-state index in [1.54, 1.807) is 57.0 Å². The van der Waals surface area contributed by atoms with Crippen LogP contribution in [-0.2, 0) is 14.3 Å². The average molecular weight is 596 g/mol.